The minimum absolute atomic E-state index is 0.0609. The standard InChI is InChI=1S/C13H18ClF2NO2S/c1-8(2)9(3)17(4)20(18,19)12-6-5-11(15)10(7-14)13(12)16/h5-6,8-9H,7H2,1-4H3. The molecule has 0 N–H and O–H groups in total. The molecule has 0 amide bonds. The second kappa shape index (κ2) is 6.37. The molecule has 0 aliphatic heterocycles. The maximum absolute atomic E-state index is 14.1. The monoisotopic (exact) mass is 325 g/mol. The number of rotatable bonds is 5. The topological polar surface area (TPSA) is 37.4 Å². The number of alkyl halides is 1. The molecule has 0 saturated carbocycles. The summed E-state index contributed by atoms with van der Waals surface area (Å²) in [5, 5.41) is 0. The van der Waals surface area contributed by atoms with Gasteiger partial charge in [-0.05, 0) is 25.0 Å². The summed E-state index contributed by atoms with van der Waals surface area (Å²) in [4.78, 5) is -0.551. The Morgan fingerprint density at radius 1 is 1.25 bits per heavy atom. The van der Waals surface area contributed by atoms with Crippen molar-refractivity contribution in [1.29, 1.82) is 0 Å². The maximum atomic E-state index is 14.1. The summed E-state index contributed by atoms with van der Waals surface area (Å²) in [6.07, 6.45) is 0. The van der Waals surface area contributed by atoms with E-state index >= 15 is 0 Å². The number of nitrogens with zero attached hydrogens (tertiary/aromatic N) is 1. The number of hydrogen-bond donors (Lipinski definition) is 0. The van der Waals surface area contributed by atoms with Crippen LogP contribution in [0, 0.1) is 17.6 Å². The van der Waals surface area contributed by atoms with Crippen LogP contribution >= 0.6 is 11.6 Å². The van der Waals surface area contributed by atoms with Crippen molar-refractivity contribution in [2.24, 2.45) is 5.92 Å². The van der Waals surface area contributed by atoms with Crippen LogP contribution in [0.2, 0.25) is 0 Å². The second-order valence-corrected chi connectivity index (χ2v) is 7.21. The molecule has 0 spiro atoms. The van der Waals surface area contributed by atoms with E-state index in [0.717, 1.165) is 16.4 Å². The van der Waals surface area contributed by atoms with E-state index in [1.165, 1.54) is 7.05 Å². The summed E-state index contributed by atoms with van der Waals surface area (Å²) in [5.41, 5.74) is -0.432. The summed E-state index contributed by atoms with van der Waals surface area (Å²) in [6, 6.07) is 1.53. The van der Waals surface area contributed by atoms with Gasteiger partial charge in [-0.25, -0.2) is 17.2 Å². The minimum Gasteiger partial charge on any atom is -0.207 e. The first-order chi connectivity index (χ1) is 9.14. The van der Waals surface area contributed by atoms with Gasteiger partial charge in [0.25, 0.3) is 0 Å². The van der Waals surface area contributed by atoms with Gasteiger partial charge in [-0.3, -0.25) is 0 Å². The molecular weight excluding hydrogens is 308 g/mol. The first kappa shape index (κ1) is 17.3. The summed E-state index contributed by atoms with van der Waals surface area (Å²) in [6.45, 7) is 5.45. The fourth-order valence-corrected chi connectivity index (χ4v) is 3.52. The largest absolute Gasteiger partial charge is 0.245 e. The van der Waals surface area contributed by atoms with Crippen molar-refractivity contribution < 1.29 is 17.2 Å². The van der Waals surface area contributed by atoms with Crippen molar-refractivity contribution in [3.05, 3.63) is 29.3 Å². The summed E-state index contributed by atoms with van der Waals surface area (Å²) in [5.74, 6) is -2.34. The van der Waals surface area contributed by atoms with E-state index in [-0.39, 0.29) is 12.0 Å². The van der Waals surface area contributed by atoms with E-state index in [9.17, 15) is 17.2 Å². The third kappa shape index (κ3) is 3.13. The summed E-state index contributed by atoms with van der Waals surface area (Å²) in [7, 11) is -2.65. The van der Waals surface area contributed by atoms with Gasteiger partial charge in [-0.15, -0.1) is 11.6 Å². The zero-order chi connectivity index (χ0) is 15.7. The molecule has 1 unspecified atom stereocenters. The van der Waals surface area contributed by atoms with Crippen LogP contribution in [0.1, 0.15) is 26.3 Å². The van der Waals surface area contributed by atoms with E-state index in [1.807, 2.05) is 13.8 Å². The SMILES string of the molecule is CC(C)C(C)N(C)S(=O)(=O)c1ccc(F)c(CCl)c1F. The highest BCUT2D eigenvalue weighted by Crippen LogP contribution is 2.26. The molecule has 0 aliphatic rings. The Morgan fingerprint density at radius 3 is 2.25 bits per heavy atom. The highest BCUT2D eigenvalue weighted by molar-refractivity contribution is 7.89. The lowest BCUT2D eigenvalue weighted by molar-refractivity contribution is 0.314. The van der Waals surface area contributed by atoms with E-state index < -0.39 is 38.0 Å². The van der Waals surface area contributed by atoms with Crippen molar-refractivity contribution in [3.8, 4) is 0 Å². The highest BCUT2D eigenvalue weighted by Gasteiger charge is 2.31. The molecule has 20 heavy (non-hydrogen) atoms. The molecule has 0 heterocycles. The Bertz CT molecular complexity index is 590. The average molecular weight is 326 g/mol. The Balaban J connectivity index is 3.37. The summed E-state index contributed by atoms with van der Waals surface area (Å²) < 4.78 is 53.4. The zero-order valence-corrected chi connectivity index (χ0v) is 13.4. The van der Waals surface area contributed by atoms with Gasteiger partial charge in [-0.1, -0.05) is 13.8 Å². The van der Waals surface area contributed by atoms with Crippen molar-refractivity contribution in [2.75, 3.05) is 7.05 Å². The van der Waals surface area contributed by atoms with Crippen molar-refractivity contribution in [3.63, 3.8) is 0 Å². The van der Waals surface area contributed by atoms with E-state index in [0.29, 0.717) is 0 Å². The fraction of sp³-hybridized carbons (Fsp3) is 0.538. The van der Waals surface area contributed by atoms with Crippen molar-refractivity contribution in [2.45, 2.75) is 37.6 Å². The lowest BCUT2D eigenvalue weighted by Gasteiger charge is -2.27. The van der Waals surface area contributed by atoms with Crippen LogP contribution in [-0.4, -0.2) is 25.8 Å². The second-order valence-electron chi connectivity index (χ2n) is 4.98. The lowest BCUT2D eigenvalue weighted by Crippen LogP contribution is -2.38. The van der Waals surface area contributed by atoms with Crippen molar-refractivity contribution in [1.82, 2.24) is 4.31 Å². The van der Waals surface area contributed by atoms with Gasteiger partial charge in [0.15, 0.2) is 5.82 Å². The fourth-order valence-electron chi connectivity index (χ4n) is 1.69. The molecule has 0 aliphatic carbocycles. The van der Waals surface area contributed by atoms with Crippen LogP contribution in [0.3, 0.4) is 0 Å². The number of hydrogen-bond acceptors (Lipinski definition) is 2. The number of benzene rings is 1. The molecule has 1 aromatic rings. The van der Waals surface area contributed by atoms with E-state index in [4.69, 9.17) is 11.6 Å². The molecule has 1 rings (SSSR count). The molecule has 0 radical (unpaired) electrons. The third-order valence-corrected chi connectivity index (χ3v) is 5.71. The van der Waals surface area contributed by atoms with Gasteiger partial charge in [0.1, 0.15) is 10.7 Å². The molecule has 7 heteroatoms. The molecule has 0 fully saturated rings. The zero-order valence-electron chi connectivity index (χ0n) is 11.8. The smallest absolute Gasteiger partial charge is 0.207 e. The molecule has 3 nitrogen and oxygen atoms in total. The summed E-state index contributed by atoms with van der Waals surface area (Å²) >= 11 is 5.46. The molecule has 1 aromatic carbocycles. The first-order valence-electron chi connectivity index (χ1n) is 6.15. The Hall–Kier alpha value is -0.720. The number of sulfonamides is 1. The quantitative estimate of drug-likeness (QED) is 0.778. The van der Waals surface area contributed by atoms with Gasteiger partial charge in [0.05, 0.1) is 5.88 Å². The van der Waals surface area contributed by atoms with Gasteiger partial charge < -0.3 is 0 Å². The van der Waals surface area contributed by atoms with Crippen LogP contribution < -0.4 is 0 Å². The first-order valence-corrected chi connectivity index (χ1v) is 8.12. The van der Waals surface area contributed by atoms with E-state index in [2.05, 4.69) is 0 Å². The van der Waals surface area contributed by atoms with Gasteiger partial charge in [-0.2, -0.15) is 4.31 Å². The van der Waals surface area contributed by atoms with Crippen LogP contribution in [0.25, 0.3) is 0 Å². The number of halogens is 3. The van der Waals surface area contributed by atoms with Crippen LogP contribution in [-0.2, 0) is 15.9 Å². The minimum atomic E-state index is -4.03. The molecular formula is C13H18ClF2NO2S. The van der Waals surface area contributed by atoms with Crippen LogP contribution in [0.15, 0.2) is 17.0 Å². The van der Waals surface area contributed by atoms with Crippen LogP contribution in [0.5, 0.6) is 0 Å². The highest BCUT2D eigenvalue weighted by atomic mass is 35.5. The van der Waals surface area contributed by atoms with Gasteiger partial charge in [0, 0.05) is 18.7 Å². The normalized spacial score (nSPS) is 14.1. The Morgan fingerprint density at radius 2 is 1.80 bits per heavy atom. The molecule has 1 atom stereocenters. The Labute approximate surface area is 123 Å². The van der Waals surface area contributed by atoms with Crippen LogP contribution in [0.4, 0.5) is 8.78 Å². The van der Waals surface area contributed by atoms with Gasteiger partial charge in [0.2, 0.25) is 10.0 Å². The molecule has 0 aromatic heterocycles. The predicted octanol–water partition coefficient (Wildman–Crippen LogP) is 3.37. The van der Waals surface area contributed by atoms with Crippen molar-refractivity contribution >= 4 is 21.6 Å². The van der Waals surface area contributed by atoms with Gasteiger partial charge >= 0.3 is 0 Å². The predicted molar refractivity (Wildman–Crippen MR) is 75.2 cm³/mol. The maximum Gasteiger partial charge on any atom is 0.245 e. The Kier molecular flexibility index (Phi) is 5.52. The molecule has 0 saturated heterocycles. The lowest BCUT2D eigenvalue weighted by atomic mass is 10.1. The van der Waals surface area contributed by atoms with E-state index in [1.54, 1.807) is 6.92 Å². The average Bonchev–Trinajstić information content (AvgIpc) is 2.36. The third-order valence-electron chi connectivity index (χ3n) is 3.48. The molecule has 0 bridgehead atoms. The molecule has 114 valence electrons.